The van der Waals surface area contributed by atoms with Crippen LogP contribution < -0.4 is 14.7 Å². The van der Waals surface area contributed by atoms with Crippen molar-refractivity contribution < 1.29 is 4.74 Å². The number of piperazine rings is 1. The molecule has 0 unspecified atom stereocenters. The lowest BCUT2D eigenvalue weighted by atomic mass is 10.1. The van der Waals surface area contributed by atoms with E-state index in [1.54, 1.807) is 0 Å². The van der Waals surface area contributed by atoms with Gasteiger partial charge in [0, 0.05) is 56.7 Å². The maximum absolute atomic E-state index is 9.63. The van der Waals surface area contributed by atoms with Crippen LogP contribution in [-0.4, -0.2) is 67.4 Å². The molecule has 30 heavy (non-hydrogen) atoms. The third-order valence-electron chi connectivity index (χ3n) is 6.18. The van der Waals surface area contributed by atoms with Crippen LogP contribution in [0.2, 0.25) is 0 Å². The molecule has 0 N–H and O–H groups in total. The van der Waals surface area contributed by atoms with Crippen LogP contribution >= 0.6 is 0 Å². The first-order valence-electron chi connectivity index (χ1n) is 10.8. The zero-order valence-electron chi connectivity index (χ0n) is 17.5. The second-order valence-corrected chi connectivity index (χ2v) is 8.17. The highest BCUT2D eigenvalue weighted by Gasteiger charge is 2.25. The summed E-state index contributed by atoms with van der Waals surface area (Å²) in [5, 5.41) is 9.63. The highest BCUT2D eigenvalue weighted by Crippen LogP contribution is 2.28. The summed E-state index contributed by atoms with van der Waals surface area (Å²) in [4.78, 5) is 21.2. The van der Waals surface area contributed by atoms with Crippen molar-refractivity contribution >= 4 is 17.6 Å². The van der Waals surface area contributed by atoms with E-state index in [2.05, 4.69) is 32.9 Å². The lowest BCUT2D eigenvalue weighted by Crippen LogP contribution is -2.48. The van der Waals surface area contributed by atoms with Crippen LogP contribution in [0.15, 0.2) is 12.1 Å². The van der Waals surface area contributed by atoms with Gasteiger partial charge >= 0.3 is 0 Å². The van der Waals surface area contributed by atoms with Crippen LogP contribution in [0.5, 0.6) is 0 Å². The Morgan fingerprint density at radius 1 is 0.900 bits per heavy atom. The van der Waals surface area contributed by atoms with Crippen molar-refractivity contribution in [1.29, 1.82) is 5.26 Å². The van der Waals surface area contributed by atoms with E-state index in [1.165, 1.54) is 11.3 Å². The maximum atomic E-state index is 9.63. The molecule has 5 rings (SSSR count). The van der Waals surface area contributed by atoms with Gasteiger partial charge in [-0.25, -0.2) is 9.97 Å². The number of ether oxygens (including phenoxy) is 1. The van der Waals surface area contributed by atoms with E-state index in [4.69, 9.17) is 19.7 Å². The molecule has 0 aromatic carbocycles. The Hall–Kier alpha value is -2.92. The number of aromatic nitrogens is 3. The molecule has 2 fully saturated rings. The van der Waals surface area contributed by atoms with Gasteiger partial charge in [0.2, 0.25) is 5.95 Å². The van der Waals surface area contributed by atoms with Crippen LogP contribution in [0, 0.1) is 18.3 Å². The first kappa shape index (κ1) is 19.1. The van der Waals surface area contributed by atoms with Crippen molar-refractivity contribution in [1.82, 2.24) is 15.0 Å². The number of nitrogens with zero attached hydrogens (tertiary/aromatic N) is 7. The fourth-order valence-electron chi connectivity index (χ4n) is 4.54. The summed E-state index contributed by atoms with van der Waals surface area (Å²) in [7, 11) is 0. The molecule has 2 saturated heterocycles. The fraction of sp³-hybridized carbons (Fsp3) is 0.545. The van der Waals surface area contributed by atoms with Crippen LogP contribution in [0.3, 0.4) is 0 Å². The predicted molar refractivity (Wildman–Crippen MR) is 115 cm³/mol. The second-order valence-electron chi connectivity index (χ2n) is 8.17. The van der Waals surface area contributed by atoms with E-state index >= 15 is 0 Å². The molecule has 2 aliphatic heterocycles. The molecule has 0 atom stereocenters. The Balaban J connectivity index is 1.32. The number of hydrogen-bond acceptors (Lipinski definition) is 8. The number of pyridine rings is 1. The van der Waals surface area contributed by atoms with Gasteiger partial charge in [0.05, 0.1) is 18.8 Å². The summed E-state index contributed by atoms with van der Waals surface area (Å²) in [6.45, 7) is 8.49. The van der Waals surface area contributed by atoms with Gasteiger partial charge in [0.15, 0.2) is 0 Å². The highest BCUT2D eigenvalue weighted by atomic mass is 16.5. The molecule has 0 saturated carbocycles. The molecular weight excluding hydrogens is 378 g/mol. The minimum Gasteiger partial charge on any atom is -0.378 e. The first-order valence-corrected chi connectivity index (χ1v) is 10.8. The first-order chi connectivity index (χ1) is 14.7. The summed E-state index contributed by atoms with van der Waals surface area (Å²) in [5.74, 6) is 2.62. The number of anilines is 3. The van der Waals surface area contributed by atoms with Gasteiger partial charge in [-0.05, 0) is 37.8 Å². The van der Waals surface area contributed by atoms with Gasteiger partial charge in [-0.3, -0.25) is 0 Å². The van der Waals surface area contributed by atoms with E-state index in [0.717, 1.165) is 95.0 Å². The van der Waals surface area contributed by atoms with Crippen LogP contribution in [0.25, 0.3) is 0 Å². The number of morpholine rings is 1. The van der Waals surface area contributed by atoms with Crippen molar-refractivity contribution in [2.45, 2.75) is 26.2 Å². The third-order valence-corrected chi connectivity index (χ3v) is 6.18. The zero-order chi connectivity index (χ0) is 20.5. The molecule has 1 aliphatic carbocycles. The smallest absolute Gasteiger partial charge is 0.227 e. The molecular formula is C22H27N7O. The molecule has 0 bridgehead atoms. The molecule has 2 aromatic rings. The van der Waals surface area contributed by atoms with Crippen LogP contribution in [-0.2, 0) is 17.6 Å². The summed E-state index contributed by atoms with van der Waals surface area (Å²) in [5.41, 5.74) is 4.10. The second kappa shape index (κ2) is 8.07. The van der Waals surface area contributed by atoms with Crippen molar-refractivity contribution in [3.63, 3.8) is 0 Å². The van der Waals surface area contributed by atoms with Gasteiger partial charge < -0.3 is 19.4 Å². The van der Waals surface area contributed by atoms with Crippen molar-refractivity contribution in [3.8, 4) is 6.07 Å². The fourth-order valence-corrected chi connectivity index (χ4v) is 4.54. The molecule has 8 heteroatoms. The summed E-state index contributed by atoms with van der Waals surface area (Å²) in [6, 6.07) is 6.46. The van der Waals surface area contributed by atoms with Crippen LogP contribution in [0.4, 0.5) is 17.6 Å². The molecule has 0 amide bonds. The lowest BCUT2D eigenvalue weighted by molar-refractivity contribution is 0.122. The number of hydrogen-bond donors (Lipinski definition) is 0. The minimum atomic E-state index is 0.700. The van der Waals surface area contributed by atoms with Crippen molar-refractivity contribution in [2.24, 2.45) is 0 Å². The number of nitriles is 1. The highest BCUT2D eigenvalue weighted by molar-refractivity contribution is 5.58. The Morgan fingerprint density at radius 2 is 1.67 bits per heavy atom. The van der Waals surface area contributed by atoms with Gasteiger partial charge in [0.25, 0.3) is 0 Å². The maximum Gasteiger partial charge on any atom is 0.227 e. The SMILES string of the molecule is Cc1cc(N2CCOCC2)nc(N2CCN(c3nc4c(cc3C#N)CCC4)CC2)n1. The zero-order valence-corrected chi connectivity index (χ0v) is 17.5. The molecule has 3 aliphatic rings. The predicted octanol–water partition coefficient (Wildman–Crippen LogP) is 1.70. The summed E-state index contributed by atoms with van der Waals surface area (Å²) in [6.07, 6.45) is 3.21. The van der Waals surface area contributed by atoms with Gasteiger partial charge in [-0.1, -0.05) is 0 Å². The van der Waals surface area contributed by atoms with Crippen LogP contribution in [0.1, 0.15) is 28.9 Å². The summed E-state index contributed by atoms with van der Waals surface area (Å²) >= 11 is 0. The van der Waals surface area contributed by atoms with Gasteiger partial charge in [0.1, 0.15) is 17.7 Å². The van der Waals surface area contributed by atoms with Crippen molar-refractivity contribution in [2.75, 3.05) is 67.2 Å². The largest absolute Gasteiger partial charge is 0.378 e. The Kier molecular flexibility index (Phi) is 5.13. The lowest BCUT2D eigenvalue weighted by Gasteiger charge is -2.36. The minimum absolute atomic E-state index is 0.700. The monoisotopic (exact) mass is 405 g/mol. The number of aryl methyl sites for hydroxylation is 3. The normalized spacial score (nSPS) is 19.0. The van der Waals surface area contributed by atoms with E-state index in [0.29, 0.717) is 5.56 Å². The van der Waals surface area contributed by atoms with Crippen molar-refractivity contribution in [3.05, 3.63) is 34.6 Å². The molecule has 156 valence electrons. The Labute approximate surface area is 177 Å². The quantitative estimate of drug-likeness (QED) is 0.763. The molecule has 8 nitrogen and oxygen atoms in total. The average molecular weight is 406 g/mol. The molecule has 4 heterocycles. The van der Waals surface area contributed by atoms with E-state index in [-0.39, 0.29) is 0 Å². The summed E-state index contributed by atoms with van der Waals surface area (Å²) < 4.78 is 5.47. The standard InChI is InChI=1S/C22H27N7O/c1-16-13-20(27-9-11-30-12-10-27)26-22(24-16)29-7-5-28(6-8-29)21-18(15-23)14-17-3-2-4-19(17)25-21/h13-14H,2-12H2,1H3. The van der Waals surface area contributed by atoms with E-state index in [9.17, 15) is 5.26 Å². The van der Waals surface area contributed by atoms with E-state index in [1.807, 2.05) is 6.92 Å². The number of rotatable bonds is 3. The topological polar surface area (TPSA) is 81.4 Å². The average Bonchev–Trinajstić information content (AvgIpc) is 3.26. The Bertz CT molecular complexity index is 972. The number of fused-ring (bicyclic) bond motifs is 1. The molecule has 0 spiro atoms. The van der Waals surface area contributed by atoms with Gasteiger partial charge in [-0.2, -0.15) is 10.2 Å². The Morgan fingerprint density at radius 3 is 2.43 bits per heavy atom. The molecule has 0 radical (unpaired) electrons. The molecule has 2 aromatic heterocycles. The third kappa shape index (κ3) is 3.65. The van der Waals surface area contributed by atoms with Gasteiger partial charge in [-0.15, -0.1) is 0 Å². The van der Waals surface area contributed by atoms with E-state index < -0.39 is 0 Å².